The van der Waals surface area contributed by atoms with Crippen molar-refractivity contribution in [3.63, 3.8) is 0 Å². The van der Waals surface area contributed by atoms with Crippen molar-refractivity contribution in [2.24, 2.45) is 0 Å². The monoisotopic (exact) mass is 402 g/mol. The number of aromatic nitrogens is 3. The highest BCUT2D eigenvalue weighted by molar-refractivity contribution is 7.99. The van der Waals surface area contributed by atoms with Crippen LogP contribution in [0.4, 0.5) is 10.1 Å². The summed E-state index contributed by atoms with van der Waals surface area (Å²) in [6, 6.07) is 7.78. The molecule has 1 amide bonds. The Kier molecular flexibility index (Phi) is 6.41. The van der Waals surface area contributed by atoms with Crippen LogP contribution in [0.1, 0.15) is 11.8 Å². The fraction of sp³-hybridized carbons (Fsp3) is 0.211. The first kappa shape index (κ1) is 19.3. The molecule has 0 fully saturated rings. The first-order chi connectivity index (χ1) is 13.1. The number of thiophene rings is 1. The number of amides is 1. The number of hydrogen-bond acceptors (Lipinski definition) is 5. The van der Waals surface area contributed by atoms with Crippen LogP contribution in [0.25, 0.3) is 11.4 Å². The summed E-state index contributed by atoms with van der Waals surface area (Å²) in [5.74, 6) is 0.417. The zero-order valence-electron chi connectivity index (χ0n) is 14.8. The van der Waals surface area contributed by atoms with Crippen LogP contribution < -0.4 is 5.32 Å². The van der Waals surface area contributed by atoms with E-state index in [0.717, 1.165) is 17.8 Å². The van der Waals surface area contributed by atoms with E-state index in [1.54, 1.807) is 17.4 Å². The fourth-order valence-corrected chi connectivity index (χ4v) is 4.01. The average molecular weight is 403 g/mol. The Bertz CT molecular complexity index is 934. The van der Waals surface area contributed by atoms with Crippen LogP contribution in [0.5, 0.6) is 0 Å². The molecule has 3 aromatic rings. The summed E-state index contributed by atoms with van der Waals surface area (Å²) < 4.78 is 14.9. The maximum absolute atomic E-state index is 12.9. The van der Waals surface area contributed by atoms with Crippen molar-refractivity contribution in [1.29, 1.82) is 0 Å². The number of rotatable bonds is 8. The van der Waals surface area contributed by atoms with Crippen molar-refractivity contribution in [3.05, 3.63) is 59.1 Å². The Morgan fingerprint density at radius 1 is 1.37 bits per heavy atom. The summed E-state index contributed by atoms with van der Waals surface area (Å²) in [5.41, 5.74) is 1.58. The molecule has 0 aliphatic heterocycles. The second kappa shape index (κ2) is 8.96. The Morgan fingerprint density at radius 2 is 2.15 bits per heavy atom. The summed E-state index contributed by atoms with van der Waals surface area (Å²) in [6.07, 6.45) is 2.76. The van der Waals surface area contributed by atoms with Crippen molar-refractivity contribution in [1.82, 2.24) is 14.8 Å². The molecule has 0 atom stereocenters. The number of nitrogens with one attached hydrogen (secondary N) is 1. The molecule has 2 heterocycles. The van der Waals surface area contributed by atoms with Gasteiger partial charge in [-0.15, -0.1) is 28.1 Å². The number of hydrogen-bond donors (Lipinski definition) is 1. The summed E-state index contributed by atoms with van der Waals surface area (Å²) in [7, 11) is 0. The molecule has 140 valence electrons. The quantitative estimate of drug-likeness (QED) is 0.441. The number of anilines is 1. The summed E-state index contributed by atoms with van der Waals surface area (Å²) >= 11 is 3.00. The number of carbonyl (C=O) groups is 1. The van der Waals surface area contributed by atoms with Crippen LogP contribution in [0.3, 0.4) is 0 Å². The van der Waals surface area contributed by atoms with E-state index in [1.165, 1.54) is 40.9 Å². The molecule has 1 aromatic carbocycles. The molecule has 0 saturated carbocycles. The molecule has 1 N–H and O–H groups in total. The Labute approximate surface area is 165 Å². The normalized spacial score (nSPS) is 10.7. The molecule has 0 aliphatic rings. The number of allylic oxidation sites excluding steroid dienone is 1. The molecular formula is C19H19FN4OS2. The summed E-state index contributed by atoms with van der Waals surface area (Å²) in [6.45, 7) is 6.47. The largest absolute Gasteiger partial charge is 0.325 e. The van der Waals surface area contributed by atoms with Gasteiger partial charge in [0.1, 0.15) is 5.82 Å². The van der Waals surface area contributed by atoms with Gasteiger partial charge in [-0.05, 0) is 36.8 Å². The molecule has 5 nitrogen and oxygen atoms in total. The minimum absolute atomic E-state index is 0.177. The molecule has 3 rings (SSSR count). The topological polar surface area (TPSA) is 59.8 Å². The zero-order chi connectivity index (χ0) is 19.2. The molecule has 0 spiro atoms. The van der Waals surface area contributed by atoms with Crippen molar-refractivity contribution in [3.8, 4) is 11.4 Å². The Morgan fingerprint density at radius 3 is 2.81 bits per heavy atom. The fourth-order valence-electron chi connectivity index (χ4n) is 2.45. The first-order valence-corrected chi connectivity index (χ1v) is 10.3. The summed E-state index contributed by atoms with van der Waals surface area (Å²) in [4.78, 5) is 13.4. The van der Waals surface area contributed by atoms with Gasteiger partial charge >= 0.3 is 0 Å². The van der Waals surface area contributed by atoms with Crippen LogP contribution >= 0.6 is 23.1 Å². The first-order valence-electron chi connectivity index (χ1n) is 8.40. The maximum Gasteiger partial charge on any atom is 0.234 e. The lowest BCUT2D eigenvalue weighted by molar-refractivity contribution is -0.113. The van der Waals surface area contributed by atoms with E-state index in [-0.39, 0.29) is 17.5 Å². The predicted octanol–water partition coefficient (Wildman–Crippen LogP) is 4.62. The van der Waals surface area contributed by atoms with Crippen LogP contribution in [0.15, 0.2) is 53.5 Å². The molecule has 0 unspecified atom stereocenters. The van der Waals surface area contributed by atoms with Gasteiger partial charge in [0.2, 0.25) is 5.91 Å². The molecular weight excluding hydrogens is 383 g/mol. The van der Waals surface area contributed by atoms with Gasteiger partial charge in [0.25, 0.3) is 0 Å². The maximum atomic E-state index is 12.9. The lowest BCUT2D eigenvalue weighted by atomic mass is 10.2. The van der Waals surface area contributed by atoms with E-state index in [9.17, 15) is 9.18 Å². The van der Waals surface area contributed by atoms with Gasteiger partial charge in [0, 0.05) is 28.1 Å². The van der Waals surface area contributed by atoms with Gasteiger partial charge in [-0.2, -0.15) is 0 Å². The van der Waals surface area contributed by atoms with Gasteiger partial charge in [0.05, 0.1) is 5.75 Å². The minimum Gasteiger partial charge on any atom is -0.325 e. The van der Waals surface area contributed by atoms with Crippen LogP contribution in [-0.4, -0.2) is 26.4 Å². The van der Waals surface area contributed by atoms with E-state index in [2.05, 4.69) is 40.5 Å². The van der Waals surface area contributed by atoms with Crippen molar-refractivity contribution < 1.29 is 9.18 Å². The van der Waals surface area contributed by atoms with Crippen molar-refractivity contribution >= 4 is 34.7 Å². The van der Waals surface area contributed by atoms with Gasteiger partial charge in [-0.1, -0.05) is 24.8 Å². The van der Waals surface area contributed by atoms with Crippen molar-refractivity contribution in [2.45, 2.75) is 25.0 Å². The molecule has 0 aliphatic carbocycles. The Balaban J connectivity index is 1.69. The lowest BCUT2D eigenvalue weighted by Gasteiger charge is -2.07. The average Bonchev–Trinajstić information content (AvgIpc) is 3.29. The van der Waals surface area contributed by atoms with E-state index in [0.29, 0.717) is 17.4 Å². The van der Waals surface area contributed by atoms with Crippen LogP contribution in [-0.2, 0) is 17.8 Å². The third-order valence-electron chi connectivity index (χ3n) is 3.75. The molecule has 2 aromatic heterocycles. The standard InChI is InChI=1S/C19H19FN4OS2/c1-3-9-24-18(13-10-16(4-2)26-11-13)22-23-19(24)27-12-17(25)21-15-7-5-14(20)6-8-15/h3,5-8,10-11H,1,4,9,12H2,2H3,(H,21,25). The third kappa shape index (κ3) is 4.84. The third-order valence-corrected chi connectivity index (χ3v) is 5.80. The number of nitrogens with zero attached hydrogens (tertiary/aromatic N) is 3. The van der Waals surface area contributed by atoms with E-state index in [4.69, 9.17) is 0 Å². The van der Waals surface area contributed by atoms with Crippen LogP contribution in [0.2, 0.25) is 0 Å². The Hall–Kier alpha value is -2.45. The SMILES string of the molecule is C=CCn1c(SCC(=O)Nc2ccc(F)cc2)nnc1-c1csc(CC)c1. The zero-order valence-corrected chi connectivity index (χ0v) is 16.4. The van der Waals surface area contributed by atoms with Crippen molar-refractivity contribution in [2.75, 3.05) is 11.1 Å². The molecule has 8 heteroatoms. The van der Waals surface area contributed by atoms with Crippen LogP contribution in [0, 0.1) is 5.82 Å². The number of aryl methyl sites for hydroxylation is 1. The second-order valence-corrected chi connectivity index (χ2v) is 7.64. The van der Waals surface area contributed by atoms with E-state index >= 15 is 0 Å². The van der Waals surface area contributed by atoms with Gasteiger partial charge in [-0.3, -0.25) is 9.36 Å². The molecule has 0 bridgehead atoms. The van der Waals surface area contributed by atoms with Gasteiger partial charge in [0.15, 0.2) is 11.0 Å². The van der Waals surface area contributed by atoms with Gasteiger partial charge in [-0.25, -0.2) is 4.39 Å². The lowest BCUT2D eigenvalue weighted by Crippen LogP contribution is -2.14. The van der Waals surface area contributed by atoms with Gasteiger partial charge < -0.3 is 5.32 Å². The predicted molar refractivity (Wildman–Crippen MR) is 109 cm³/mol. The highest BCUT2D eigenvalue weighted by Gasteiger charge is 2.16. The molecule has 0 radical (unpaired) electrons. The number of carbonyl (C=O) groups excluding carboxylic acids is 1. The molecule has 27 heavy (non-hydrogen) atoms. The summed E-state index contributed by atoms with van der Waals surface area (Å²) in [5, 5.41) is 14.0. The highest BCUT2D eigenvalue weighted by Crippen LogP contribution is 2.28. The van der Waals surface area contributed by atoms with E-state index < -0.39 is 0 Å². The number of thioether (sulfide) groups is 1. The number of halogens is 1. The molecule has 0 saturated heterocycles. The van der Waals surface area contributed by atoms with E-state index in [1.807, 2.05) is 4.57 Å². The second-order valence-electron chi connectivity index (χ2n) is 5.70. The highest BCUT2D eigenvalue weighted by atomic mass is 32.2. The smallest absolute Gasteiger partial charge is 0.234 e. The number of benzene rings is 1. The minimum atomic E-state index is -0.341.